The van der Waals surface area contributed by atoms with Gasteiger partial charge in [0.2, 0.25) is 0 Å². The molecule has 3 heterocycles. The number of hydrogen-bond acceptors (Lipinski definition) is 2. The monoisotopic (exact) mass is 400 g/mol. The Labute approximate surface area is 174 Å². The summed E-state index contributed by atoms with van der Waals surface area (Å²) in [6.07, 6.45) is 1.32. The SMILES string of the molecule is Cc1c2c(cc3c4ccccc4n(C[C@H]4CO4)c13)C(c1ccc(Cl)cc1)=NCC2. The van der Waals surface area contributed by atoms with E-state index in [1.165, 1.54) is 38.5 Å². The topological polar surface area (TPSA) is 29.8 Å². The molecule has 0 bridgehead atoms. The number of nitrogens with zero attached hydrogens (tertiary/aromatic N) is 2. The fourth-order valence-corrected chi connectivity index (χ4v) is 4.90. The summed E-state index contributed by atoms with van der Waals surface area (Å²) < 4.78 is 8.03. The van der Waals surface area contributed by atoms with E-state index in [0.717, 1.165) is 42.4 Å². The van der Waals surface area contributed by atoms with Gasteiger partial charge in [-0.1, -0.05) is 41.9 Å². The van der Waals surface area contributed by atoms with Crippen LogP contribution >= 0.6 is 11.6 Å². The van der Waals surface area contributed by atoms with Gasteiger partial charge in [-0.2, -0.15) is 0 Å². The zero-order valence-electron chi connectivity index (χ0n) is 16.3. The summed E-state index contributed by atoms with van der Waals surface area (Å²) in [6.45, 7) is 4.88. The van der Waals surface area contributed by atoms with Crippen LogP contribution in [0.25, 0.3) is 21.8 Å². The Morgan fingerprint density at radius 1 is 1.10 bits per heavy atom. The van der Waals surface area contributed by atoms with Crippen LogP contribution in [0.2, 0.25) is 5.02 Å². The number of para-hydroxylation sites is 1. The Bertz CT molecular complexity index is 1300. The molecule has 4 aromatic rings. The van der Waals surface area contributed by atoms with Gasteiger partial charge in [-0.25, -0.2) is 0 Å². The lowest BCUT2D eigenvalue weighted by Crippen LogP contribution is -2.16. The van der Waals surface area contributed by atoms with Gasteiger partial charge >= 0.3 is 0 Å². The summed E-state index contributed by atoms with van der Waals surface area (Å²) in [6, 6.07) is 19.1. The van der Waals surface area contributed by atoms with E-state index in [4.69, 9.17) is 21.3 Å². The average Bonchev–Trinajstić information content (AvgIpc) is 3.51. The minimum Gasteiger partial charge on any atom is -0.371 e. The number of ether oxygens (including phenoxy) is 1. The van der Waals surface area contributed by atoms with Crippen LogP contribution in [0.4, 0.5) is 0 Å². The second-order valence-corrected chi connectivity index (χ2v) is 8.43. The van der Waals surface area contributed by atoms with Crippen molar-refractivity contribution in [1.29, 1.82) is 0 Å². The Hall–Kier alpha value is -2.62. The molecule has 0 spiro atoms. The molecule has 2 aliphatic heterocycles. The molecule has 0 unspecified atom stereocenters. The summed E-state index contributed by atoms with van der Waals surface area (Å²) in [5, 5.41) is 3.36. The van der Waals surface area contributed by atoms with Crippen molar-refractivity contribution in [2.45, 2.75) is 26.0 Å². The van der Waals surface area contributed by atoms with E-state index in [9.17, 15) is 0 Å². The molecule has 4 heteroatoms. The molecule has 1 aromatic heterocycles. The van der Waals surface area contributed by atoms with E-state index in [-0.39, 0.29) is 0 Å². The van der Waals surface area contributed by atoms with Gasteiger partial charge in [0.25, 0.3) is 0 Å². The van der Waals surface area contributed by atoms with E-state index in [2.05, 4.69) is 54.0 Å². The van der Waals surface area contributed by atoms with E-state index >= 15 is 0 Å². The van der Waals surface area contributed by atoms with Crippen molar-refractivity contribution < 1.29 is 4.74 Å². The minimum atomic E-state index is 0.343. The molecule has 144 valence electrons. The molecule has 0 N–H and O–H groups in total. The van der Waals surface area contributed by atoms with Crippen LogP contribution in [-0.4, -0.2) is 29.5 Å². The number of rotatable bonds is 3. The number of benzene rings is 3. The van der Waals surface area contributed by atoms with Crippen LogP contribution in [0.15, 0.2) is 59.6 Å². The number of fused-ring (bicyclic) bond motifs is 4. The maximum Gasteiger partial charge on any atom is 0.0988 e. The molecule has 3 nitrogen and oxygen atoms in total. The fraction of sp³-hybridized carbons (Fsp3) is 0.240. The lowest BCUT2D eigenvalue weighted by Gasteiger charge is -2.21. The third-order valence-corrected chi connectivity index (χ3v) is 6.48. The Morgan fingerprint density at radius 3 is 2.69 bits per heavy atom. The van der Waals surface area contributed by atoms with Gasteiger partial charge in [-0.3, -0.25) is 4.99 Å². The second kappa shape index (κ2) is 6.45. The molecule has 2 aliphatic rings. The third kappa shape index (κ3) is 2.72. The zero-order valence-corrected chi connectivity index (χ0v) is 17.0. The van der Waals surface area contributed by atoms with Gasteiger partial charge in [0.1, 0.15) is 0 Å². The van der Waals surface area contributed by atoms with Gasteiger partial charge in [0.05, 0.1) is 30.5 Å². The molecule has 3 aromatic carbocycles. The zero-order chi connectivity index (χ0) is 19.5. The molecule has 0 radical (unpaired) electrons. The summed E-state index contributed by atoms with van der Waals surface area (Å²) in [5.74, 6) is 0. The number of aryl methyl sites for hydroxylation is 1. The number of halogens is 1. The molecular formula is C25H21ClN2O. The van der Waals surface area contributed by atoms with E-state index < -0.39 is 0 Å². The predicted octanol–water partition coefficient (Wildman–Crippen LogP) is 5.55. The normalized spacial score (nSPS) is 18.1. The van der Waals surface area contributed by atoms with Crippen molar-refractivity contribution in [2.24, 2.45) is 4.99 Å². The molecule has 0 amide bonds. The molecule has 0 aliphatic carbocycles. The highest BCUT2D eigenvalue weighted by molar-refractivity contribution is 6.30. The third-order valence-electron chi connectivity index (χ3n) is 6.22. The van der Waals surface area contributed by atoms with E-state index in [1.54, 1.807) is 0 Å². The van der Waals surface area contributed by atoms with Crippen LogP contribution in [-0.2, 0) is 17.7 Å². The van der Waals surface area contributed by atoms with Crippen molar-refractivity contribution in [3.05, 3.63) is 81.9 Å². The molecule has 1 fully saturated rings. The quantitative estimate of drug-likeness (QED) is 0.415. The highest BCUT2D eigenvalue weighted by Crippen LogP contribution is 2.37. The van der Waals surface area contributed by atoms with Crippen molar-refractivity contribution in [3.63, 3.8) is 0 Å². The smallest absolute Gasteiger partial charge is 0.0988 e. The van der Waals surface area contributed by atoms with Gasteiger partial charge in [-0.05, 0) is 48.7 Å². The standard InChI is InChI=1S/C25H21ClN2O/c1-15-19-10-11-27-24(16-6-8-17(26)9-7-16)21(19)12-22-20-4-2-3-5-23(20)28(25(15)22)13-18-14-29-18/h2-9,12,18H,10-11,13-14H2,1H3/t18-/m0/s1. The molecular weight excluding hydrogens is 380 g/mol. The maximum atomic E-state index is 6.12. The number of epoxide rings is 1. The molecule has 1 saturated heterocycles. The van der Waals surface area contributed by atoms with Gasteiger partial charge in [0.15, 0.2) is 0 Å². The molecule has 29 heavy (non-hydrogen) atoms. The van der Waals surface area contributed by atoms with E-state index in [1.807, 2.05) is 12.1 Å². The molecule has 6 rings (SSSR count). The van der Waals surface area contributed by atoms with Crippen molar-refractivity contribution >= 4 is 39.1 Å². The van der Waals surface area contributed by atoms with Crippen LogP contribution in [0, 0.1) is 6.92 Å². The number of hydrogen-bond donors (Lipinski definition) is 0. The van der Waals surface area contributed by atoms with E-state index in [0.29, 0.717) is 6.10 Å². The molecule has 0 saturated carbocycles. The summed E-state index contributed by atoms with van der Waals surface area (Å²) >= 11 is 6.12. The highest BCUT2D eigenvalue weighted by Gasteiger charge is 2.27. The maximum absolute atomic E-state index is 6.12. The predicted molar refractivity (Wildman–Crippen MR) is 120 cm³/mol. The first-order chi connectivity index (χ1) is 14.2. The first-order valence-electron chi connectivity index (χ1n) is 10.2. The number of aliphatic imine (C=N–C) groups is 1. The lowest BCUT2D eigenvalue weighted by atomic mass is 9.88. The average molecular weight is 401 g/mol. The van der Waals surface area contributed by atoms with Crippen molar-refractivity contribution in [1.82, 2.24) is 4.57 Å². The molecule has 1 atom stereocenters. The van der Waals surface area contributed by atoms with Crippen LogP contribution in [0.1, 0.15) is 22.3 Å². The Balaban J connectivity index is 1.64. The summed E-state index contributed by atoms with van der Waals surface area (Å²) in [7, 11) is 0. The van der Waals surface area contributed by atoms with Crippen molar-refractivity contribution in [3.8, 4) is 0 Å². The largest absolute Gasteiger partial charge is 0.371 e. The highest BCUT2D eigenvalue weighted by atomic mass is 35.5. The van der Waals surface area contributed by atoms with Crippen LogP contribution in [0.3, 0.4) is 0 Å². The van der Waals surface area contributed by atoms with Crippen LogP contribution in [0.5, 0.6) is 0 Å². The number of aromatic nitrogens is 1. The summed E-state index contributed by atoms with van der Waals surface area (Å²) in [5.41, 5.74) is 8.88. The van der Waals surface area contributed by atoms with Gasteiger partial charge < -0.3 is 9.30 Å². The van der Waals surface area contributed by atoms with Crippen molar-refractivity contribution in [2.75, 3.05) is 13.2 Å². The van der Waals surface area contributed by atoms with Gasteiger partial charge in [0, 0.05) is 39.0 Å². The fourth-order valence-electron chi connectivity index (χ4n) is 4.78. The Kier molecular flexibility index (Phi) is 3.84. The lowest BCUT2D eigenvalue weighted by molar-refractivity contribution is 0.387. The first kappa shape index (κ1) is 17.3. The second-order valence-electron chi connectivity index (χ2n) is 7.99. The van der Waals surface area contributed by atoms with Crippen LogP contribution < -0.4 is 0 Å². The summed E-state index contributed by atoms with van der Waals surface area (Å²) in [4.78, 5) is 4.91. The minimum absolute atomic E-state index is 0.343. The first-order valence-corrected chi connectivity index (χ1v) is 10.5. The van der Waals surface area contributed by atoms with Gasteiger partial charge in [-0.15, -0.1) is 0 Å². The Morgan fingerprint density at radius 2 is 1.90 bits per heavy atom.